The fraction of sp³-hybridized carbons (Fsp3) is 0.406. The average molecular weight is 467 g/mol. The minimum absolute atomic E-state index is 0.260. The van der Waals surface area contributed by atoms with Crippen LogP contribution in [0.5, 0.6) is 0 Å². The Labute approximate surface area is 210 Å². The highest BCUT2D eigenvalue weighted by Crippen LogP contribution is 2.27. The van der Waals surface area contributed by atoms with Crippen LogP contribution in [0, 0.1) is 5.92 Å². The lowest BCUT2D eigenvalue weighted by molar-refractivity contribution is -0.134. The summed E-state index contributed by atoms with van der Waals surface area (Å²) < 4.78 is 0. The Morgan fingerprint density at radius 2 is 1.37 bits per heavy atom. The van der Waals surface area contributed by atoms with Crippen molar-refractivity contribution in [1.82, 2.24) is 9.80 Å². The SMILES string of the molecule is O=C(Cc1ccccc1)N1Cc2ccccc2CC1CCN1CCC(CCc2ccccc2)CC1. The van der Waals surface area contributed by atoms with E-state index in [1.54, 1.807) is 0 Å². The van der Waals surface area contributed by atoms with E-state index in [-0.39, 0.29) is 11.9 Å². The largest absolute Gasteiger partial charge is 0.335 e. The predicted molar refractivity (Wildman–Crippen MR) is 143 cm³/mol. The summed E-state index contributed by atoms with van der Waals surface area (Å²) in [6.07, 6.45) is 7.64. The van der Waals surface area contributed by atoms with Crippen molar-refractivity contribution in [2.24, 2.45) is 5.92 Å². The zero-order valence-corrected chi connectivity index (χ0v) is 20.8. The van der Waals surface area contributed by atoms with E-state index in [1.165, 1.54) is 55.5 Å². The van der Waals surface area contributed by atoms with Crippen molar-refractivity contribution in [3.05, 3.63) is 107 Å². The van der Waals surface area contributed by atoms with Gasteiger partial charge in [-0.05, 0) is 79.8 Å². The van der Waals surface area contributed by atoms with Gasteiger partial charge in [0.2, 0.25) is 5.91 Å². The number of nitrogens with zero attached hydrogens (tertiary/aromatic N) is 2. The maximum atomic E-state index is 13.4. The van der Waals surface area contributed by atoms with Crippen LogP contribution in [-0.4, -0.2) is 41.4 Å². The van der Waals surface area contributed by atoms with Gasteiger partial charge in [0.1, 0.15) is 0 Å². The van der Waals surface area contributed by atoms with E-state index in [9.17, 15) is 4.79 Å². The molecule has 3 aromatic rings. The Kier molecular flexibility index (Phi) is 7.95. The number of likely N-dealkylation sites (tertiary alicyclic amines) is 1. The Morgan fingerprint density at radius 1 is 0.743 bits per heavy atom. The molecule has 5 rings (SSSR count). The van der Waals surface area contributed by atoms with E-state index in [0.29, 0.717) is 6.42 Å². The van der Waals surface area contributed by atoms with Gasteiger partial charge >= 0.3 is 0 Å². The summed E-state index contributed by atoms with van der Waals surface area (Å²) in [6.45, 7) is 4.23. The van der Waals surface area contributed by atoms with Crippen LogP contribution in [0.4, 0.5) is 0 Å². The van der Waals surface area contributed by atoms with Crippen molar-refractivity contribution in [2.45, 2.75) is 57.5 Å². The van der Waals surface area contributed by atoms with Crippen LogP contribution in [0.2, 0.25) is 0 Å². The number of rotatable bonds is 8. The molecule has 3 aromatic carbocycles. The summed E-state index contributed by atoms with van der Waals surface area (Å²) in [5.41, 5.74) is 5.30. The minimum atomic E-state index is 0.260. The fourth-order valence-electron chi connectivity index (χ4n) is 5.86. The van der Waals surface area contributed by atoms with Gasteiger partial charge in [0.05, 0.1) is 6.42 Å². The molecule has 2 aliphatic rings. The second kappa shape index (κ2) is 11.7. The van der Waals surface area contributed by atoms with Gasteiger partial charge < -0.3 is 9.80 Å². The van der Waals surface area contributed by atoms with E-state index < -0.39 is 0 Å². The topological polar surface area (TPSA) is 23.6 Å². The van der Waals surface area contributed by atoms with E-state index >= 15 is 0 Å². The summed E-state index contributed by atoms with van der Waals surface area (Å²) in [7, 11) is 0. The maximum Gasteiger partial charge on any atom is 0.227 e. The van der Waals surface area contributed by atoms with Gasteiger partial charge in [-0.15, -0.1) is 0 Å². The van der Waals surface area contributed by atoms with Crippen molar-refractivity contribution in [3.8, 4) is 0 Å². The number of fused-ring (bicyclic) bond motifs is 1. The average Bonchev–Trinajstić information content (AvgIpc) is 2.92. The van der Waals surface area contributed by atoms with E-state index in [1.807, 2.05) is 18.2 Å². The third-order valence-corrected chi connectivity index (χ3v) is 8.04. The van der Waals surface area contributed by atoms with Crippen molar-refractivity contribution in [1.29, 1.82) is 0 Å². The van der Waals surface area contributed by atoms with Crippen LogP contribution in [-0.2, 0) is 30.6 Å². The molecule has 2 aliphatic heterocycles. The Hall–Kier alpha value is -2.91. The highest BCUT2D eigenvalue weighted by atomic mass is 16.2. The van der Waals surface area contributed by atoms with Gasteiger partial charge in [-0.3, -0.25) is 4.79 Å². The van der Waals surface area contributed by atoms with Crippen molar-refractivity contribution >= 4 is 5.91 Å². The van der Waals surface area contributed by atoms with Gasteiger partial charge in [-0.2, -0.15) is 0 Å². The number of piperidine rings is 1. The number of carbonyl (C=O) groups excluding carboxylic acids is 1. The normalized spacial score (nSPS) is 18.9. The summed E-state index contributed by atoms with van der Waals surface area (Å²) in [4.78, 5) is 18.2. The third kappa shape index (κ3) is 6.41. The highest BCUT2D eigenvalue weighted by molar-refractivity contribution is 5.79. The van der Waals surface area contributed by atoms with Gasteiger partial charge in [0.15, 0.2) is 0 Å². The number of hydrogen-bond acceptors (Lipinski definition) is 2. The van der Waals surface area contributed by atoms with E-state index in [2.05, 4.69) is 76.5 Å². The zero-order chi connectivity index (χ0) is 23.9. The fourth-order valence-corrected chi connectivity index (χ4v) is 5.86. The van der Waals surface area contributed by atoms with Crippen LogP contribution in [0.3, 0.4) is 0 Å². The molecule has 35 heavy (non-hydrogen) atoms. The molecule has 1 atom stereocenters. The van der Waals surface area contributed by atoms with Gasteiger partial charge in [0, 0.05) is 19.1 Å². The molecule has 3 nitrogen and oxygen atoms in total. The second-order valence-corrected chi connectivity index (χ2v) is 10.4. The Bertz CT molecular complexity index is 1070. The van der Waals surface area contributed by atoms with Crippen molar-refractivity contribution in [2.75, 3.05) is 19.6 Å². The van der Waals surface area contributed by atoms with Crippen LogP contribution in [0.15, 0.2) is 84.9 Å². The Balaban J connectivity index is 1.15. The van der Waals surface area contributed by atoms with Crippen molar-refractivity contribution in [3.63, 3.8) is 0 Å². The first-order chi connectivity index (χ1) is 17.2. The zero-order valence-electron chi connectivity index (χ0n) is 20.8. The van der Waals surface area contributed by atoms with Gasteiger partial charge in [0.25, 0.3) is 0 Å². The first-order valence-corrected chi connectivity index (χ1v) is 13.4. The quantitative estimate of drug-likeness (QED) is 0.412. The number of benzene rings is 3. The third-order valence-electron chi connectivity index (χ3n) is 8.04. The first kappa shape index (κ1) is 23.8. The molecule has 0 bridgehead atoms. The number of amides is 1. The van der Waals surface area contributed by atoms with Crippen LogP contribution < -0.4 is 0 Å². The second-order valence-electron chi connectivity index (χ2n) is 10.4. The Morgan fingerprint density at radius 3 is 2.09 bits per heavy atom. The highest BCUT2D eigenvalue weighted by Gasteiger charge is 2.30. The lowest BCUT2D eigenvalue weighted by atomic mass is 9.89. The van der Waals surface area contributed by atoms with E-state index in [4.69, 9.17) is 0 Å². The minimum Gasteiger partial charge on any atom is -0.335 e. The first-order valence-electron chi connectivity index (χ1n) is 13.4. The molecule has 1 amide bonds. The van der Waals surface area contributed by atoms with Crippen molar-refractivity contribution < 1.29 is 4.79 Å². The molecule has 1 saturated heterocycles. The summed E-state index contributed by atoms with van der Waals surface area (Å²) in [5, 5.41) is 0. The molecule has 3 heteroatoms. The summed E-state index contributed by atoms with van der Waals surface area (Å²) >= 11 is 0. The molecule has 0 radical (unpaired) electrons. The molecule has 1 fully saturated rings. The monoisotopic (exact) mass is 466 g/mol. The summed E-state index contributed by atoms with van der Waals surface area (Å²) in [5.74, 6) is 1.10. The molecule has 0 saturated carbocycles. The summed E-state index contributed by atoms with van der Waals surface area (Å²) in [6, 6.07) is 30.0. The lowest BCUT2D eigenvalue weighted by Gasteiger charge is -2.39. The van der Waals surface area contributed by atoms with Crippen LogP contribution >= 0.6 is 0 Å². The maximum absolute atomic E-state index is 13.4. The smallest absolute Gasteiger partial charge is 0.227 e. The standard InChI is InChI=1S/C32H38N2O/c35-32(23-28-11-5-2-6-12-28)34-25-30-14-8-7-13-29(30)24-31(34)19-22-33-20-17-27(18-21-33)16-15-26-9-3-1-4-10-26/h1-14,27,31H,15-25H2. The molecule has 182 valence electrons. The molecule has 0 spiro atoms. The van der Waals surface area contributed by atoms with Crippen LogP contribution in [0.1, 0.15) is 47.9 Å². The number of hydrogen-bond donors (Lipinski definition) is 0. The molecule has 0 aliphatic carbocycles. The molecule has 1 unspecified atom stereocenters. The predicted octanol–water partition coefficient (Wildman–Crippen LogP) is 5.92. The molecular formula is C32H38N2O. The molecule has 0 N–H and O–H groups in total. The lowest BCUT2D eigenvalue weighted by Crippen LogP contribution is -2.47. The molecule has 2 heterocycles. The van der Waals surface area contributed by atoms with Gasteiger partial charge in [-0.25, -0.2) is 0 Å². The van der Waals surface area contributed by atoms with Gasteiger partial charge in [-0.1, -0.05) is 84.9 Å². The number of aryl methyl sites for hydroxylation is 1. The van der Waals surface area contributed by atoms with Crippen LogP contribution in [0.25, 0.3) is 0 Å². The molecule has 0 aromatic heterocycles. The van der Waals surface area contributed by atoms with E-state index in [0.717, 1.165) is 37.4 Å². The molecular weight excluding hydrogens is 428 g/mol. The number of carbonyl (C=O) groups is 1.